The molecule has 0 fully saturated rings. The second-order valence-corrected chi connectivity index (χ2v) is 5.34. The van der Waals surface area contributed by atoms with Crippen molar-refractivity contribution >= 4 is 15.7 Å². The van der Waals surface area contributed by atoms with Crippen LogP contribution in [0.5, 0.6) is 5.75 Å². The number of sulfonamides is 1. The standard InChI is InChI=1S/C12H10F2N2O3S/c1-19-11-7-8(4-5-9(11)13)16-20(17,18)12-10(14)3-2-6-15-12/h2-7,16H,1H3. The second-order valence-electron chi connectivity index (χ2n) is 3.75. The van der Waals surface area contributed by atoms with Crippen LogP contribution in [-0.4, -0.2) is 20.5 Å². The van der Waals surface area contributed by atoms with E-state index in [1.165, 1.54) is 19.2 Å². The number of benzene rings is 1. The van der Waals surface area contributed by atoms with Crippen molar-refractivity contribution in [3.8, 4) is 5.75 Å². The Bertz CT molecular complexity index is 735. The fourth-order valence-electron chi connectivity index (χ4n) is 1.50. The SMILES string of the molecule is COc1cc(NS(=O)(=O)c2ncccc2F)ccc1F. The summed E-state index contributed by atoms with van der Waals surface area (Å²) in [6, 6.07) is 5.62. The monoisotopic (exact) mass is 300 g/mol. The smallest absolute Gasteiger partial charge is 0.282 e. The summed E-state index contributed by atoms with van der Waals surface area (Å²) in [5, 5.41) is -0.733. The predicted octanol–water partition coefficient (Wildman–Crippen LogP) is 2.17. The van der Waals surface area contributed by atoms with E-state index in [9.17, 15) is 17.2 Å². The minimum absolute atomic E-state index is 0.0355. The summed E-state index contributed by atoms with van der Waals surface area (Å²) in [6.45, 7) is 0. The highest BCUT2D eigenvalue weighted by atomic mass is 32.2. The molecule has 2 rings (SSSR count). The molecule has 1 N–H and O–H groups in total. The van der Waals surface area contributed by atoms with Crippen LogP contribution in [0.1, 0.15) is 0 Å². The molecule has 0 unspecified atom stereocenters. The third kappa shape index (κ3) is 2.85. The van der Waals surface area contributed by atoms with E-state index in [0.717, 1.165) is 24.4 Å². The van der Waals surface area contributed by atoms with E-state index >= 15 is 0 Å². The minimum atomic E-state index is -4.20. The van der Waals surface area contributed by atoms with Crippen molar-refractivity contribution in [3.63, 3.8) is 0 Å². The molecule has 0 atom stereocenters. The first-order chi connectivity index (χ1) is 9.44. The zero-order valence-electron chi connectivity index (χ0n) is 10.3. The van der Waals surface area contributed by atoms with Crippen molar-refractivity contribution < 1.29 is 21.9 Å². The highest BCUT2D eigenvalue weighted by molar-refractivity contribution is 7.92. The summed E-state index contributed by atoms with van der Waals surface area (Å²) in [7, 11) is -2.95. The van der Waals surface area contributed by atoms with Gasteiger partial charge in [-0.2, -0.15) is 8.42 Å². The summed E-state index contributed by atoms with van der Waals surface area (Å²) >= 11 is 0. The Morgan fingerprint density at radius 3 is 2.60 bits per heavy atom. The van der Waals surface area contributed by atoms with Gasteiger partial charge in [-0.3, -0.25) is 4.72 Å². The van der Waals surface area contributed by atoms with Gasteiger partial charge in [-0.05, 0) is 24.3 Å². The van der Waals surface area contributed by atoms with Gasteiger partial charge in [0.05, 0.1) is 12.8 Å². The fourth-order valence-corrected chi connectivity index (χ4v) is 2.55. The molecule has 2 aromatic rings. The molecule has 0 spiro atoms. The molecule has 0 saturated heterocycles. The van der Waals surface area contributed by atoms with Crippen LogP contribution >= 0.6 is 0 Å². The van der Waals surface area contributed by atoms with Crippen molar-refractivity contribution in [3.05, 3.63) is 48.2 Å². The van der Waals surface area contributed by atoms with E-state index < -0.39 is 26.7 Å². The molecule has 0 aliphatic heterocycles. The van der Waals surface area contributed by atoms with Gasteiger partial charge in [-0.15, -0.1) is 0 Å². The maximum absolute atomic E-state index is 13.4. The summed E-state index contributed by atoms with van der Waals surface area (Å²) in [5.74, 6) is -1.75. The van der Waals surface area contributed by atoms with E-state index in [0.29, 0.717) is 0 Å². The molecule has 0 bridgehead atoms. The van der Waals surface area contributed by atoms with Crippen LogP contribution in [0.15, 0.2) is 41.6 Å². The Hall–Kier alpha value is -2.22. The number of nitrogens with zero attached hydrogens (tertiary/aromatic N) is 1. The average molecular weight is 300 g/mol. The van der Waals surface area contributed by atoms with Gasteiger partial charge in [-0.1, -0.05) is 0 Å². The van der Waals surface area contributed by atoms with Crippen LogP contribution in [0.4, 0.5) is 14.5 Å². The lowest BCUT2D eigenvalue weighted by Gasteiger charge is -2.09. The maximum Gasteiger partial charge on any atom is 0.282 e. The zero-order valence-corrected chi connectivity index (χ0v) is 11.1. The highest BCUT2D eigenvalue weighted by Crippen LogP contribution is 2.23. The lowest BCUT2D eigenvalue weighted by molar-refractivity contribution is 0.387. The highest BCUT2D eigenvalue weighted by Gasteiger charge is 2.21. The molecule has 5 nitrogen and oxygen atoms in total. The molecule has 1 aromatic heterocycles. The van der Waals surface area contributed by atoms with Gasteiger partial charge in [0.15, 0.2) is 17.4 Å². The largest absolute Gasteiger partial charge is 0.494 e. The Morgan fingerprint density at radius 1 is 1.20 bits per heavy atom. The number of aromatic nitrogens is 1. The number of methoxy groups -OCH3 is 1. The topological polar surface area (TPSA) is 68.3 Å². The summed E-state index contributed by atoms with van der Waals surface area (Å²) in [5.41, 5.74) is 0.0355. The van der Waals surface area contributed by atoms with E-state index in [-0.39, 0.29) is 11.4 Å². The van der Waals surface area contributed by atoms with E-state index in [1.807, 2.05) is 0 Å². The van der Waals surface area contributed by atoms with Crippen molar-refractivity contribution in [1.82, 2.24) is 4.98 Å². The van der Waals surface area contributed by atoms with Gasteiger partial charge < -0.3 is 4.74 Å². The quantitative estimate of drug-likeness (QED) is 0.939. The molecule has 1 heterocycles. The average Bonchev–Trinajstić information content (AvgIpc) is 2.41. The first-order valence-electron chi connectivity index (χ1n) is 5.41. The molecular formula is C12H10F2N2O3S. The van der Waals surface area contributed by atoms with E-state index in [2.05, 4.69) is 9.71 Å². The van der Waals surface area contributed by atoms with Crippen molar-refractivity contribution in [2.75, 3.05) is 11.8 Å². The number of anilines is 1. The normalized spacial score (nSPS) is 11.2. The lowest BCUT2D eigenvalue weighted by atomic mass is 10.3. The van der Waals surface area contributed by atoms with E-state index in [4.69, 9.17) is 4.74 Å². The first-order valence-corrected chi connectivity index (χ1v) is 6.89. The predicted molar refractivity (Wildman–Crippen MR) is 68.0 cm³/mol. The zero-order chi connectivity index (χ0) is 14.8. The van der Waals surface area contributed by atoms with Crippen LogP contribution in [0, 0.1) is 11.6 Å². The first kappa shape index (κ1) is 14.2. The minimum Gasteiger partial charge on any atom is -0.494 e. The number of rotatable bonds is 4. The number of nitrogens with one attached hydrogen (secondary N) is 1. The van der Waals surface area contributed by atoms with Gasteiger partial charge in [0, 0.05) is 12.3 Å². The van der Waals surface area contributed by atoms with Crippen LogP contribution in [-0.2, 0) is 10.0 Å². The van der Waals surface area contributed by atoms with Gasteiger partial charge in [-0.25, -0.2) is 13.8 Å². The number of halogens is 2. The number of pyridine rings is 1. The van der Waals surface area contributed by atoms with Crippen LogP contribution in [0.3, 0.4) is 0 Å². The lowest BCUT2D eigenvalue weighted by Crippen LogP contribution is -2.16. The molecule has 1 aromatic carbocycles. The molecule has 0 aliphatic carbocycles. The van der Waals surface area contributed by atoms with Gasteiger partial charge >= 0.3 is 0 Å². The molecule has 0 amide bonds. The fraction of sp³-hybridized carbons (Fsp3) is 0.0833. The van der Waals surface area contributed by atoms with Crippen molar-refractivity contribution in [2.24, 2.45) is 0 Å². The summed E-state index contributed by atoms with van der Waals surface area (Å²) in [4.78, 5) is 3.48. The number of ether oxygens (including phenoxy) is 1. The molecular weight excluding hydrogens is 290 g/mol. The van der Waals surface area contributed by atoms with Crippen molar-refractivity contribution in [1.29, 1.82) is 0 Å². The van der Waals surface area contributed by atoms with Crippen LogP contribution in [0.2, 0.25) is 0 Å². The van der Waals surface area contributed by atoms with Crippen LogP contribution < -0.4 is 9.46 Å². The molecule has 0 aliphatic rings. The number of hydrogen-bond donors (Lipinski definition) is 1. The summed E-state index contributed by atoms with van der Waals surface area (Å²) in [6.07, 6.45) is 1.16. The van der Waals surface area contributed by atoms with Gasteiger partial charge in [0.2, 0.25) is 5.03 Å². The molecule has 0 saturated carbocycles. The molecule has 0 radical (unpaired) electrons. The van der Waals surface area contributed by atoms with Crippen LogP contribution in [0.25, 0.3) is 0 Å². The summed E-state index contributed by atoms with van der Waals surface area (Å²) < 4.78 is 57.4. The third-order valence-electron chi connectivity index (χ3n) is 2.38. The van der Waals surface area contributed by atoms with Gasteiger partial charge in [0.25, 0.3) is 10.0 Å². The molecule has 20 heavy (non-hydrogen) atoms. The Labute approximate surface area is 114 Å². The maximum atomic E-state index is 13.4. The number of hydrogen-bond acceptors (Lipinski definition) is 4. The Morgan fingerprint density at radius 2 is 1.95 bits per heavy atom. The van der Waals surface area contributed by atoms with Crippen molar-refractivity contribution in [2.45, 2.75) is 5.03 Å². The van der Waals surface area contributed by atoms with E-state index in [1.54, 1.807) is 0 Å². The Kier molecular flexibility index (Phi) is 3.84. The Balaban J connectivity index is 2.36. The molecule has 106 valence electrons. The molecule has 8 heteroatoms. The third-order valence-corrected chi connectivity index (χ3v) is 3.70. The van der Waals surface area contributed by atoms with Gasteiger partial charge in [0.1, 0.15) is 0 Å². The second kappa shape index (κ2) is 5.41.